The van der Waals surface area contributed by atoms with Gasteiger partial charge in [-0.1, -0.05) is 6.92 Å². The van der Waals surface area contributed by atoms with Crippen LogP contribution in [0, 0.1) is 0 Å². The van der Waals surface area contributed by atoms with Crippen LogP contribution < -0.4 is 5.32 Å². The van der Waals surface area contributed by atoms with Crippen molar-refractivity contribution in [1.29, 1.82) is 0 Å². The zero-order valence-electron chi connectivity index (χ0n) is 10.4. The molecule has 0 aliphatic carbocycles. The number of aromatic amines is 1. The van der Waals surface area contributed by atoms with E-state index in [0.29, 0.717) is 11.9 Å². The van der Waals surface area contributed by atoms with E-state index >= 15 is 0 Å². The largest absolute Gasteiger partial charge is 0.381 e. The van der Waals surface area contributed by atoms with Gasteiger partial charge in [-0.15, -0.1) is 5.10 Å². The summed E-state index contributed by atoms with van der Waals surface area (Å²) in [5.74, 6) is 1.92. The Kier molecular flexibility index (Phi) is 4.33. The third-order valence-electron chi connectivity index (χ3n) is 3.10. The Labute approximate surface area is 101 Å². The fourth-order valence-electron chi connectivity index (χ4n) is 1.89. The zero-order chi connectivity index (χ0) is 12.1. The van der Waals surface area contributed by atoms with E-state index in [2.05, 4.69) is 27.4 Å². The summed E-state index contributed by atoms with van der Waals surface area (Å²) in [5, 5.41) is 10.3. The van der Waals surface area contributed by atoms with Gasteiger partial charge in [0.15, 0.2) is 0 Å². The van der Waals surface area contributed by atoms with Crippen molar-refractivity contribution < 1.29 is 9.47 Å². The van der Waals surface area contributed by atoms with Gasteiger partial charge < -0.3 is 14.8 Å². The lowest BCUT2D eigenvalue weighted by atomic mass is 10.1. The van der Waals surface area contributed by atoms with Gasteiger partial charge in [0.05, 0.1) is 12.7 Å². The first-order valence-corrected chi connectivity index (χ1v) is 6.10. The van der Waals surface area contributed by atoms with Gasteiger partial charge >= 0.3 is 0 Å². The van der Waals surface area contributed by atoms with Gasteiger partial charge in [-0.05, 0) is 12.8 Å². The summed E-state index contributed by atoms with van der Waals surface area (Å²) in [7, 11) is 1.72. The van der Waals surface area contributed by atoms with E-state index in [-0.39, 0.29) is 6.10 Å². The molecule has 2 atom stereocenters. The van der Waals surface area contributed by atoms with Crippen molar-refractivity contribution in [2.45, 2.75) is 31.8 Å². The molecule has 6 heteroatoms. The highest BCUT2D eigenvalue weighted by Crippen LogP contribution is 2.22. The molecular weight excluding hydrogens is 220 g/mol. The maximum Gasteiger partial charge on any atom is 0.242 e. The Bertz CT molecular complexity index is 332. The molecular formula is C11H20N4O2. The monoisotopic (exact) mass is 240 g/mol. The Morgan fingerprint density at radius 1 is 1.65 bits per heavy atom. The minimum atomic E-state index is 0.201. The number of anilines is 1. The number of methoxy groups -OCH3 is 1. The minimum absolute atomic E-state index is 0.201. The van der Waals surface area contributed by atoms with Crippen molar-refractivity contribution >= 4 is 5.95 Å². The van der Waals surface area contributed by atoms with E-state index < -0.39 is 0 Å². The lowest BCUT2D eigenvalue weighted by molar-refractivity contribution is 0.110. The van der Waals surface area contributed by atoms with Crippen LogP contribution in [0.2, 0.25) is 0 Å². The predicted octanol–water partition coefficient (Wildman–Crippen LogP) is 1.15. The first-order valence-electron chi connectivity index (χ1n) is 6.10. The molecule has 0 amide bonds. The van der Waals surface area contributed by atoms with Gasteiger partial charge in [0.2, 0.25) is 5.95 Å². The normalized spacial score (nSPS) is 21.6. The fraction of sp³-hybridized carbons (Fsp3) is 0.818. The molecule has 1 aliphatic heterocycles. The standard InChI is InChI=1S/C11H20N4O2/c1-3-9(16-2)6-12-11-13-10(14-15-11)8-4-5-17-7-8/h8-9H,3-7H2,1-2H3,(H2,12,13,14,15). The number of rotatable bonds is 6. The molecule has 0 bridgehead atoms. The van der Waals surface area contributed by atoms with Gasteiger partial charge in [-0.25, -0.2) is 0 Å². The van der Waals surface area contributed by atoms with Gasteiger partial charge in [-0.2, -0.15) is 4.98 Å². The molecule has 1 aromatic rings. The van der Waals surface area contributed by atoms with Crippen LogP contribution in [0.25, 0.3) is 0 Å². The van der Waals surface area contributed by atoms with E-state index in [1.165, 1.54) is 0 Å². The van der Waals surface area contributed by atoms with E-state index in [9.17, 15) is 0 Å². The molecule has 0 spiro atoms. The van der Waals surface area contributed by atoms with Crippen LogP contribution in [0.15, 0.2) is 0 Å². The number of H-pyrrole nitrogens is 1. The number of aromatic nitrogens is 3. The summed E-state index contributed by atoms with van der Waals surface area (Å²) in [6.45, 7) is 4.38. The van der Waals surface area contributed by atoms with Crippen molar-refractivity contribution in [1.82, 2.24) is 15.2 Å². The molecule has 6 nitrogen and oxygen atoms in total. The van der Waals surface area contributed by atoms with Crippen molar-refractivity contribution in [3.05, 3.63) is 5.82 Å². The van der Waals surface area contributed by atoms with Crippen LogP contribution in [0.5, 0.6) is 0 Å². The van der Waals surface area contributed by atoms with Gasteiger partial charge in [0.1, 0.15) is 5.82 Å². The molecule has 1 aliphatic rings. The number of nitrogens with zero attached hydrogens (tertiary/aromatic N) is 2. The van der Waals surface area contributed by atoms with Crippen LogP contribution in [-0.4, -0.2) is 48.2 Å². The zero-order valence-corrected chi connectivity index (χ0v) is 10.4. The first-order chi connectivity index (χ1) is 8.33. The predicted molar refractivity (Wildman–Crippen MR) is 64.1 cm³/mol. The average molecular weight is 240 g/mol. The van der Waals surface area contributed by atoms with Crippen LogP contribution >= 0.6 is 0 Å². The average Bonchev–Trinajstić information content (AvgIpc) is 3.01. The number of hydrogen-bond acceptors (Lipinski definition) is 5. The molecule has 96 valence electrons. The minimum Gasteiger partial charge on any atom is -0.381 e. The Hall–Kier alpha value is -1.14. The molecule has 17 heavy (non-hydrogen) atoms. The highest BCUT2D eigenvalue weighted by molar-refractivity contribution is 5.23. The smallest absolute Gasteiger partial charge is 0.242 e. The highest BCUT2D eigenvalue weighted by atomic mass is 16.5. The van der Waals surface area contributed by atoms with Crippen LogP contribution in [0.3, 0.4) is 0 Å². The number of nitrogens with one attached hydrogen (secondary N) is 2. The lowest BCUT2D eigenvalue weighted by Crippen LogP contribution is -2.21. The summed E-state index contributed by atoms with van der Waals surface area (Å²) in [6, 6.07) is 0. The van der Waals surface area contributed by atoms with E-state index in [0.717, 1.165) is 38.4 Å². The molecule has 2 unspecified atom stereocenters. The van der Waals surface area contributed by atoms with E-state index in [1.54, 1.807) is 7.11 Å². The summed E-state index contributed by atoms with van der Waals surface area (Å²) in [6.07, 6.45) is 2.19. The Balaban J connectivity index is 1.85. The highest BCUT2D eigenvalue weighted by Gasteiger charge is 2.21. The van der Waals surface area contributed by atoms with Crippen molar-refractivity contribution in [2.24, 2.45) is 0 Å². The summed E-state index contributed by atoms with van der Waals surface area (Å²) in [5.41, 5.74) is 0. The molecule has 1 aromatic heterocycles. The summed E-state index contributed by atoms with van der Waals surface area (Å²) >= 11 is 0. The van der Waals surface area contributed by atoms with Crippen molar-refractivity contribution in [2.75, 3.05) is 32.2 Å². The molecule has 0 saturated carbocycles. The van der Waals surface area contributed by atoms with Crippen LogP contribution in [0.1, 0.15) is 31.5 Å². The Morgan fingerprint density at radius 2 is 2.53 bits per heavy atom. The summed E-state index contributed by atoms with van der Waals surface area (Å²) < 4.78 is 10.6. The second kappa shape index (κ2) is 5.97. The Morgan fingerprint density at radius 3 is 3.18 bits per heavy atom. The van der Waals surface area contributed by atoms with Gasteiger partial charge in [0, 0.05) is 26.2 Å². The topological polar surface area (TPSA) is 72.1 Å². The number of ether oxygens (including phenoxy) is 2. The molecule has 2 rings (SSSR count). The quantitative estimate of drug-likeness (QED) is 0.780. The van der Waals surface area contributed by atoms with Crippen molar-refractivity contribution in [3.63, 3.8) is 0 Å². The molecule has 2 N–H and O–H groups in total. The maximum atomic E-state index is 5.33. The van der Waals surface area contributed by atoms with Gasteiger partial charge in [-0.3, -0.25) is 5.10 Å². The molecule has 0 aromatic carbocycles. The molecule has 2 heterocycles. The molecule has 0 radical (unpaired) electrons. The maximum absolute atomic E-state index is 5.33. The third-order valence-corrected chi connectivity index (χ3v) is 3.10. The molecule has 1 fully saturated rings. The summed E-state index contributed by atoms with van der Waals surface area (Å²) in [4.78, 5) is 4.42. The van der Waals surface area contributed by atoms with Crippen LogP contribution in [-0.2, 0) is 9.47 Å². The van der Waals surface area contributed by atoms with E-state index in [4.69, 9.17) is 9.47 Å². The van der Waals surface area contributed by atoms with Crippen molar-refractivity contribution in [3.8, 4) is 0 Å². The van der Waals surface area contributed by atoms with E-state index in [1.807, 2.05) is 0 Å². The first kappa shape index (κ1) is 12.3. The second-order valence-corrected chi connectivity index (χ2v) is 4.25. The van der Waals surface area contributed by atoms with Crippen LogP contribution in [0.4, 0.5) is 5.95 Å². The molecule has 1 saturated heterocycles. The fourth-order valence-corrected chi connectivity index (χ4v) is 1.89. The second-order valence-electron chi connectivity index (χ2n) is 4.25. The lowest BCUT2D eigenvalue weighted by Gasteiger charge is -2.12. The van der Waals surface area contributed by atoms with Gasteiger partial charge in [0.25, 0.3) is 0 Å². The SMILES string of the molecule is CCC(CNc1n[nH]c(C2CCOC2)n1)OC. The third kappa shape index (κ3) is 3.17. The number of hydrogen-bond donors (Lipinski definition) is 2.